The summed E-state index contributed by atoms with van der Waals surface area (Å²) in [7, 11) is 1.34. The van der Waals surface area contributed by atoms with E-state index in [1.807, 2.05) is 18.7 Å². The van der Waals surface area contributed by atoms with Crippen LogP contribution >= 0.6 is 0 Å². The van der Waals surface area contributed by atoms with Crippen molar-refractivity contribution in [1.82, 2.24) is 4.90 Å². The van der Waals surface area contributed by atoms with E-state index in [0.717, 1.165) is 0 Å². The minimum absolute atomic E-state index is 0.0568. The van der Waals surface area contributed by atoms with Gasteiger partial charge in [-0.05, 0) is 13.8 Å². The Kier molecular flexibility index (Phi) is 4.06. The maximum atomic E-state index is 11.3. The molecule has 1 fully saturated rings. The largest absolute Gasteiger partial charge is 0.467 e. The SMILES string of the molecule is COC(=O)[C@H]1CN([C@@H](C)C#N)C[C@@H](C)O1. The molecule has 1 rings (SSSR count). The second-order valence-electron chi connectivity index (χ2n) is 3.72. The molecule has 1 aliphatic rings. The molecule has 15 heavy (non-hydrogen) atoms. The molecule has 84 valence electrons. The van der Waals surface area contributed by atoms with Crippen molar-refractivity contribution in [3.8, 4) is 6.07 Å². The lowest BCUT2D eigenvalue weighted by molar-refractivity contribution is -0.166. The number of esters is 1. The average molecular weight is 212 g/mol. The Labute approximate surface area is 89.6 Å². The Hall–Kier alpha value is -1.12. The molecule has 0 amide bonds. The van der Waals surface area contributed by atoms with Crippen molar-refractivity contribution in [3.05, 3.63) is 0 Å². The summed E-state index contributed by atoms with van der Waals surface area (Å²) in [5.41, 5.74) is 0. The standard InChI is InChI=1S/C10H16N2O3/c1-7(4-11)12-5-8(2)15-9(6-12)10(13)14-3/h7-9H,5-6H2,1-3H3/t7-,8+,9+/m0/s1. The topological polar surface area (TPSA) is 62.6 Å². The highest BCUT2D eigenvalue weighted by Crippen LogP contribution is 2.14. The van der Waals surface area contributed by atoms with E-state index >= 15 is 0 Å². The van der Waals surface area contributed by atoms with Crippen molar-refractivity contribution in [2.75, 3.05) is 20.2 Å². The summed E-state index contributed by atoms with van der Waals surface area (Å²) in [6.45, 7) is 4.78. The third-order valence-corrected chi connectivity index (χ3v) is 2.49. The van der Waals surface area contributed by atoms with Crippen molar-refractivity contribution < 1.29 is 14.3 Å². The zero-order valence-electron chi connectivity index (χ0n) is 9.27. The zero-order chi connectivity index (χ0) is 11.4. The summed E-state index contributed by atoms with van der Waals surface area (Å²) in [6.07, 6.45) is -0.631. The van der Waals surface area contributed by atoms with Crippen LogP contribution in [0.5, 0.6) is 0 Å². The fourth-order valence-corrected chi connectivity index (χ4v) is 1.64. The van der Waals surface area contributed by atoms with Gasteiger partial charge in [0.2, 0.25) is 0 Å². The van der Waals surface area contributed by atoms with Crippen LogP contribution in [0.4, 0.5) is 0 Å². The number of ether oxygens (including phenoxy) is 2. The van der Waals surface area contributed by atoms with E-state index in [1.165, 1.54) is 7.11 Å². The first-order valence-corrected chi connectivity index (χ1v) is 4.95. The Morgan fingerprint density at radius 3 is 2.87 bits per heavy atom. The molecule has 0 N–H and O–H groups in total. The molecule has 0 aliphatic carbocycles. The molecule has 1 aliphatic heterocycles. The van der Waals surface area contributed by atoms with E-state index in [-0.39, 0.29) is 18.1 Å². The van der Waals surface area contributed by atoms with Crippen LogP contribution in [0.25, 0.3) is 0 Å². The van der Waals surface area contributed by atoms with Gasteiger partial charge < -0.3 is 9.47 Å². The number of methoxy groups -OCH3 is 1. The van der Waals surface area contributed by atoms with Crippen LogP contribution in [0.3, 0.4) is 0 Å². The molecular formula is C10H16N2O3. The molecule has 3 atom stereocenters. The first-order chi connectivity index (χ1) is 7.08. The first-order valence-electron chi connectivity index (χ1n) is 4.95. The number of nitriles is 1. The minimum Gasteiger partial charge on any atom is -0.467 e. The van der Waals surface area contributed by atoms with Gasteiger partial charge in [0.1, 0.15) is 0 Å². The van der Waals surface area contributed by atoms with Gasteiger partial charge in [0, 0.05) is 13.1 Å². The van der Waals surface area contributed by atoms with E-state index in [1.54, 1.807) is 0 Å². The molecule has 5 nitrogen and oxygen atoms in total. The van der Waals surface area contributed by atoms with Gasteiger partial charge in [0.25, 0.3) is 0 Å². The summed E-state index contributed by atoms with van der Waals surface area (Å²) in [4.78, 5) is 13.2. The smallest absolute Gasteiger partial charge is 0.336 e. The summed E-state index contributed by atoms with van der Waals surface area (Å²) in [5, 5.41) is 8.81. The molecule has 0 aromatic rings. The Bertz CT molecular complexity index is 274. The number of rotatable bonds is 2. The lowest BCUT2D eigenvalue weighted by Gasteiger charge is -2.36. The van der Waals surface area contributed by atoms with E-state index in [0.29, 0.717) is 13.1 Å². The van der Waals surface area contributed by atoms with Crippen molar-refractivity contribution in [2.24, 2.45) is 0 Å². The van der Waals surface area contributed by atoms with Crippen LogP contribution in [0, 0.1) is 11.3 Å². The number of carbonyl (C=O) groups is 1. The van der Waals surface area contributed by atoms with Crippen LogP contribution in [0.1, 0.15) is 13.8 Å². The lowest BCUT2D eigenvalue weighted by atomic mass is 10.2. The van der Waals surface area contributed by atoms with E-state index in [4.69, 9.17) is 10.00 Å². The molecule has 5 heteroatoms. The Morgan fingerprint density at radius 2 is 2.33 bits per heavy atom. The van der Waals surface area contributed by atoms with Crippen molar-refractivity contribution in [3.63, 3.8) is 0 Å². The third kappa shape index (κ3) is 2.91. The summed E-state index contributed by atoms with van der Waals surface area (Å²) in [6, 6.07) is 1.95. The van der Waals surface area contributed by atoms with Crippen molar-refractivity contribution >= 4 is 5.97 Å². The molecule has 1 saturated heterocycles. The summed E-state index contributed by atoms with van der Waals surface area (Å²) >= 11 is 0. The van der Waals surface area contributed by atoms with Gasteiger partial charge in [-0.3, -0.25) is 4.90 Å². The molecule has 0 radical (unpaired) electrons. The second-order valence-corrected chi connectivity index (χ2v) is 3.72. The van der Waals surface area contributed by atoms with Crippen LogP contribution in [0.2, 0.25) is 0 Å². The molecule has 0 aromatic carbocycles. The number of nitrogens with zero attached hydrogens (tertiary/aromatic N) is 2. The zero-order valence-corrected chi connectivity index (χ0v) is 9.27. The van der Waals surface area contributed by atoms with Gasteiger partial charge >= 0.3 is 5.97 Å². The highest BCUT2D eigenvalue weighted by molar-refractivity contribution is 5.75. The molecular weight excluding hydrogens is 196 g/mol. The summed E-state index contributed by atoms with van der Waals surface area (Å²) < 4.78 is 10.1. The normalized spacial score (nSPS) is 29.2. The Balaban J connectivity index is 2.64. The highest BCUT2D eigenvalue weighted by atomic mass is 16.6. The summed E-state index contributed by atoms with van der Waals surface area (Å²) in [5.74, 6) is -0.378. The third-order valence-electron chi connectivity index (χ3n) is 2.49. The van der Waals surface area contributed by atoms with Gasteiger partial charge in [-0.25, -0.2) is 4.79 Å². The number of morpholine rings is 1. The fraction of sp³-hybridized carbons (Fsp3) is 0.800. The van der Waals surface area contributed by atoms with Crippen molar-refractivity contribution in [1.29, 1.82) is 5.26 Å². The molecule has 0 saturated carbocycles. The molecule has 0 aromatic heterocycles. The van der Waals surface area contributed by atoms with Crippen LogP contribution in [-0.4, -0.2) is 49.3 Å². The van der Waals surface area contributed by atoms with Gasteiger partial charge in [0.05, 0.1) is 25.3 Å². The van der Waals surface area contributed by atoms with Crippen LogP contribution in [0.15, 0.2) is 0 Å². The molecule has 0 unspecified atom stereocenters. The van der Waals surface area contributed by atoms with E-state index in [9.17, 15) is 4.79 Å². The molecule has 0 bridgehead atoms. The van der Waals surface area contributed by atoms with Gasteiger partial charge in [0.15, 0.2) is 6.10 Å². The fourth-order valence-electron chi connectivity index (χ4n) is 1.64. The van der Waals surface area contributed by atoms with E-state index in [2.05, 4.69) is 10.8 Å². The number of carbonyl (C=O) groups excluding carboxylic acids is 1. The first kappa shape index (κ1) is 12.0. The van der Waals surface area contributed by atoms with Gasteiger partial charge in [-0.2, -0.15) is 5.26 Å². The average Bonchev–Trinajstić information content (AvgIpc) is 2.26. The molecule has 1 heterocycles. The Morgan fingerprint density at radius 1 is 1.67 bits per heavy atom. The van der Waals surface area contributed by atoms with Crippen molar-refractivity contribution in [2.45, 2.75) is 32.1 Å². The lowest BCUT2D eigenvalue weighted by Crippen LogP contribution is -2.52. The second kappa shape index (κ2) is 5.10. The maximum Gasteiger partial charge on any atom is 0.336 e. The minimum atomic E-state index is -0.574. The molecule has 0 spiro atoms. The van der Waals surface area contributed by atoms with E-state index < -0.39 is 6.10 Å². The quantitative estimate of drug-likeness (QED) is 0.610. The van der Waals surface area contributed by atoms with Crippen LogP contribution in [-0.2, 0) is 14.3 Å². The van der Waals surface area contributed by atoms with Gasteiger partial charge in [-0.15, -0.1) is 0 Å². The number of hydrogen-bond donors (Lipinski definition) is 0. The predicted molar refractivity (Wildman–Crippen MR) is 53.0 cm³/mol. The van der Waals surface area contributed by atoms with Gasteiger partial charge in [-0.1, -0.05) is 0 Å². The predicted octanol–water partition coefficient (Wildman–Crippen LogP) is 0.161. The number of hydrogen-bond acceptors (Lipinski definition) is 5. The highest BCUT2D eigenvalue weighted by Gasteiger charge is 2.32. The monoisotopic (exact) mass is 212 g/mol. The van der Waals surface area contributed by atoms with Crippen LogP contribution < -0.4 is 0 Å². The maximum absolute atomic E-state index is 11.3.